The summed E-state index contributed by atoms with van der Waals surface area (Å²) in [7, 11) is 0. The van der Waals surface area contributed by atoms with Crippen LogP contribution in [-0.4, -0.2) is 22.3 Å². The molecule has 1 aromatic carbocycles. The van der Waals surface area contributed by atoms with Crippen molar-refractivity contribution >= 4 is 17.0 Å². The number of benzene rings is 1. The van der Waals surface area contributed by atoms with Gasteiger partial charge in [-0.3, -0.25) is 0 Å². The van der Waals surface area contributed by atoms with E-state index in [0.717, 1.165) is 29.1 Å². The van der Waals surface area contributed by atoms with Crippen LogP contribution in [0.3, 0.4) is 0 Å². The maximum Gasteiger partial charge on any atom is 0.300 e. The first-order chi connectivity index (χ1) is 8.90. The van der Waals surface area contributed by atoms with Crippen LogP contribution in [0.4, 0.5) is 5.95 Å². The molecule has 0 spiro atoms. The molecule has 1 fully saturated rings. The number of para-hydroxylation sites is 2. The Bertz CT molecular complexity index is 703. The standard InChI is InChI=1S/C13H11N3O2/c1-2-4-9-7(3-1)14-13-15-8-5-10(16(9)13)11-6-17-12(8)18-11/h1-4,10-11H,5-6H2,(H,14,15). The van der Waals surface area contributed by atoms with Crippen LogP contribution in [0.15, 0.2) is 35.9 Å². The number of imidazole rings is 1. The van der Waals surface area contributed by atoms with Crippen molar-refractivity contribution in [3.8, 4) is 0 Å². The highest BCUT2D eigenvalue weighted by Gasteiger charge is 2.44. The van der Waals surface area contributed by atoms with E-state index in [4.69, 9.17) is 9.47 Å². The number of hydrogen-bond acceptors (Lipinski definition) is 4. The maximum absolute atomic E-state index is 5.79. The summed E-state index contributed by atoms with van der Waals surface area (Å²) in [5.74, 6) is 1.56. The van der Waals surface area contributed by atoms with E-state index in [1.165, 1.54) is 0 Å². The smallest absolute Gasteiger partial charge is 0.300 e. The molecule has 5 nitrogen and oxygen atoms in total. The van der Waals surface area contributed by atoms with Gasteiger partial charge in [0.1, 0.15) is 12.3 Å². The number of aromatic nitrogens is 2. The summed E-state index contributed by atoms with van der Waals surface area (Å²) in [6, 6.07) is 8.49. The first-order valence-electron chi connectivity index (χ1n) is 6.17. The Kier molecular flexibility index (Phi) is 1.38. The Hall–Kier alpha value is -2.17. The minimum Gasteiger partial charge on any atom is -0.460 e. The summed E-state index contributed by atoms with van der Waals surface area (Å²) in [5.41, 5.74) is 3.20. The first-order valence-corrected chi connectivity index (χ1v) is 6.17. The third-order valence-electron chi connectivity index (χ3n) is 3.92. The lowest BCUT2D eigenvalue weighted by atomic mass is 10.0. The fraction of sp³-hybridized carbons (Fsp3) is 0.308. The quantitative estimate of drug-likeness (QED) is 0.766. The van der Waals surface area contributed by atoms with Crippen LogP contribution < -0.4 is 5.32 Å². The van der Waals surface area contributed by atoms with Gasteiger partial charge in [0.15, 0.2) is 6.10 Å². The van der Waals surface area contributed by atoms with Crippen LogP contribution in [0.25, 0.3) is 11.0 Å². The molecular weight excluding hydrogens is 230 g/mol. The van der Waals surface area contributed by atoms with Crippen LogP contribution in [0.1, 0.15) is 12.5 Å². The van der Waals surface area contributed by atoms with E-state index in [-0.39, 0.29) is 12.1 Å². The topological polar surface area (TPSA) is 48.3 Å². The fourth-order valence-corrected chi connectivity index (χ4v) is 3.10. The lowest BCUT2D eigenvalue weighted by Crippen LogP contribution is -2.34. The molecule has 18 heavy (non-hydrogen) atoms. The zero-order valence-corrected chi connectivity index (χ0v) is 9.59. The van der Waals surface area contributed by atoms with Crippen molar-refractivity contribution < 1.29 is 9.47 Å². The van der Waals surface area contributed by atoms with Crippen molar-refractivity contribution in [2.75, 3.05) is 11.9 Å². The Balaban J connectivity index is 1.84. The summed E-state index contributed by atoms with van der Waals surface area (Å²) in [4.78, 5) is 4.64. The molecule has 0 saturated carbocycles. The molecule has 3 aliphatic heterocycles. The number of allylic oxidation sites excluding steroid dienone is 1. The molecule has 1 saturated heterocycles. The second kappa shape index (κ2) is 2.80. The van der Waals surface area contributed by atoms with Crippen molar-refractivity contribution in [1.29, 1.82) is 0 Å². The average molecular weight is 241 g/mol. The number of fused-ring (bicyclic) bond motifs is 9. The summed E-state index contributed by atoms with van der Waals surface area (Å²) in [5, 5.41) is 3.33. The Labute approximate surface area is 103 Å². The average Bonchev–Trinajstić information content (AvgIpc) is 2.98. The molecule has 1 aromatic heterocycles. The van der Waals surface area contributed by atoms with Gasteiger partial charge in [0, 0.05) is 6.42 Å². The monoisotopic (exact) mass is 241 g/mol. The fourth-order valence-electron chi connectivity index (χ4n) is 3.10. The second-order valence-corrected chi connectivity index (χ2v) is 4.92. The molecule has 3 aliphatic rings. The SMILES string of the molecule is c1ccc2c(c1)nc1n2C2CC(=C3OCC2O3)N1. The molecule has 4 bridgehead atoms. The summed E-state index contributed by atoms with van der Waals surface area (Å²) < 4.78 is 13.6. The molecule has 2 aromatic rings. The molecule has 0 radical (unpaired) electrons. The van der Waals surface area contributed by atoms with Crippen molar-refractivity contribution in [2.45, 2.75) is 18.6 Å². The van der Waals surface area contributed by atoms with Crippen LogP contribution in [0, 0.1) is 0 Å². The molecule has 2 atom stereocenters. The number of rotatable bonds is 0. The van der Waals surface area contributed by atoms with E-state index in [0.29, 0.717) is 12.6 Å². The van der Waals surface area contributed by atoms with Crippen molar-refractivity contribution in [3.05, 3.63) is 35.9 Å². The van der Waals surface area contributed by atoms with E-state index in [1.807, 2.05) is 18.2 Å². The van der Waals surface area contributed by atoms with Crippen LogP contribution >= 0.6 is 0 Å². The molecule has 5 rings (SSSR count). The van der Waals surface area contributed by atoms with Gasteiger partial charge in [-0.2, -0.15) is 0 Å². The highest BCUT2D eigenvalue weighted by molar-refractivity contribution is 5.79. The Morgan fingerprint density at radius 3 is 3.28 bits per heavy atom. The number of anilines is 1. The third kappa shape index (κ3) is 0.917. The minimum absolute atomic E-state index is 0.113. The predicted molar refractivity (Wildman–Crippen MR) is 64.9 cm³/mol. The summed E-state index contributed by atoms with van der Waals surface area (Å²) in [6.07, 6.45) is 1.05. The highest BCUT2D eigenvalue weighted by atomic mass is 16.7. The van der Waals surface area contributed by atoms with Gasteiger partial charge in [0.25, 0.3) is 5.95 Å². The lowest BCUT2D eigenvalue weighted by molar-refractivity contribution is 0.0811. The Morgan fingerprint density at radius 2 is 2.28 bits per heavy atom. The second-order valence-electron chi connectivity index (χ2n) is 4.92. The number of nitrogens with zero attached hydrogens (tertiary/aromatic N) is 2. The normalized spacial score (nSPS) is 27.6. The highest BCUT2D eigenvalue weighted by Crippen LogP contribution is 2.44. The van der Waals surface area contributed by atoms with Gasteiger partial charge in [-0.05, 0) is 12.1 Å². The number of ether oxygens (including phenoxy) is 2. The minimum atomic E-state index is 0.113. The van der Waals surface area contributed by atoms with Gasteiger partial charge >= 0.3 is 0 Å². The maximum atomic E-state index is 5.79. The van der Waals surface area contributed by atoms with Gasteiger partial charge in [-0.15, -0.1) is 0 Å². The molecule has 0 aliphatic carbocycles. The molecular formula is C13H11N3O2. The molecule has 5 heteroatoms. The summed E-state index contributed by atoms with van der Waals surface area (Å²) >= 11 is 0. The largest absolute Gasteiger partial charge is 0.460 e. The van der Waals surface area contributed by atoms with E-state index >= 15 is 0 Å². The zero-order valence-electron chi connectivity index (χ0n) is 9.59. The van der Waals surface area contributed by atoms with Gasteiger partial charge < -0.3 is 19.4 Å². The molecule has 2 unspecified atom stereocenters. The van der Waals surface area contributed by atoms with Crippen molar-refractivity contribution in [2.24, 2.45) is 0 Å². The first kappa shape index (κ1) is 8.85. The predicted octanol–water partition coefficient (Wildman–Crippen LogP) is 1.99. The third-order valence-corrected chi connectivity index (χ3v) is 3.92. The van der Waals surface area contributed by atoms with E-state index in [2.05, 4.69) is 20.9 Å². The number of nitrogens with one attached hydrogen (secondary N) is 1. The lowest BCUT2D eigenvalue weighted by Gasteiger charge is -2.33. The van der Waals surface area contributed by atoms with Gasteiger partial charge in [0.05, 0.1) is 17.1 Å². The van der Waals surface area contributed by atoms with E-state index < -0.39 is 0 Å². The van der Waals surface area contributed by atoms with Crippen LogP contribution in [0.5, 0.6) is 0 Å². The van der Waals surface area contributed by atoms with Gasteiger partial charge in [0.2, 0.25) is 5.95 Å². The zero-order chi connectivity index (χ0) is 11.7. The molecule has 1 N–H and O–H groups in total. The van der Waals surface area contributed by atoms with Crippen molar-refractivity contribution in [3.63, 3.8) is 0 Å². The molecule has 90 valence electrons. The Morgan fingerprint density at radius 1 is 1.33 bits per heavy atom. The van der Waals surface area contributed by atoms with E-state index in [9.17, 15) is 0 Å². The van der Waals surface area contributed by atoms with Gasteiger partial charge in [-0.1, -0.05) is 12.1 Å². The van der Waals surface area contributed by atoms with Crippen molar-refractivity contribution in [1.82, 2.24) is 9.55 Å². The van der Waals surface area contributed by atoms with Crippen LogP contribution in [0.2, 0.25) is 0 Å². The molecule has 0 amide bonds. The summed E-state index contributed by atoms with van der Waals surface area (Å²) in [6.45, 7) is 0.636. The number of hydrogen-bond donors (Lipinski definition) is 1. The van der Waals surface area contributed by atoms with E-state index in [1.54, 1.807) is 0 Å². The van der Waals surface area contributed by atoms with Crippen LogP contribution in [-0.2, 0) is 9.47 Å². The molecule has 4 heterocycles. The van der Waals surface area contributed by atoms with Gasteiger partial charge in [-0.25, -0.2) is 4.98 Å².